The Morgan fingerprint density at radius 2 is 1.66 bits per heavy atom. The molecule has 32 heavy (non-hydrogen) atoms. The lowest BCUT2D eigenvalue weighted by atomic mass is 10.1. The zero-order valence-corrected chi connectivity index (χ0v) is 17.2. The van der Waals surface area contributed by atoms with Gasteiger partial charge >= 0.3 is 5.69 Å². The van der Waals surface area contributed by atoms with E-state index >= 15 is 0 Å². The van der Waals surface area contributed by atoms with Gasteiger partial charge in [0.15, 0.2) is 11.5 Å². The molecule has 2 N–H and O–H groups in total. The largest absolute Gasteiger partial charge is 0.454 e. The normalized spacial score (nSPS) is 11.8. The smallest absolute Gasteiger partial charge is 0.312 e. The number of hydrogen-bond acceptors (Lipinski definition) is 7. The molecule has 0 unspecified atom stereocenters. The summed E-state index contributed by atoms with van der Waals surface area (Å²) >= 11 is 0. The fourth-order valence-electron chi connectivity index (χ4n) is 3.34. The Morgan fingerprint density at radius 3 is 2.31 bits per heavy atom. The number of aromatic nitrogens is 2. The fraction of sp³-hybridized carbons (Fsp3) is 0.190. The number of ether oxygens (including phenoxy) is 2. The van der Waals surface area contributed by atoms with E-state index in [2.05, 4.69) is 16.0 Å². The molecule has 1 aliphatic rings. The van der Waals surface area contributed by atoms with E-state index in [0.29, 0.717) is 40.6 Å². The van der Waals surface area contributed by atoms with E-state index in [1.807, 2.05) is 0 Å². The number of amides is 2. The number of carbonyl (C=O) groups is 2. The molecule has 0 fully saturated rings. The number of hydrogen-bond donors (Lipinski definition) is 2. The Bertz CT molecular complexity index is 1220. The number of carbonyl (C=O) groups excluding carboxylic acids is 2. The molecule has 0 atom stereocenters. The Labute approximate surface area is 182 Å². The van der Waals surface area contributed by atoms with Gasteiger partial charge in [-0.15, -0.1) is 0 Å². The van der Waals surface area contributed by atoms with Gasteiger partial charge in [0.05, 0.1) is 11.5 Å². The van der Waals surface area contributed by atoms with Crippen LogP contribution in [0.2, 0.25) is 0 Å². The van der Waals surface area contributed by atoms with Crippen molar-refractivity contribution in [3.8, 4) is 11.5 Å². The van der Waals surface area contributed by atoms with E-state index in [0.717, 1.165) is 5.56 Å². The summed E-state index contributed by atoms with van der Waals surface area (Å²) < 4.78 is 12.0. The highest BCUT2D eigenvalue weighted by Crippen LogP contribution is 2.32. The van der Waals surface area contributed by atoms with Crippen molar-refractivity contribution in [1.29, 1.82) is 0 Å². The molecule has 2 amide bonds. The molecule has 164 valence electrons. The van der Waals surface area contributed by atoms with Crippen LogP contribution in [-0.2, 0) is 6.54 Å². The summed E-state index contributed by atoms with van der Waals surface area (Å²) in [4.78, 5) is 35.3. The van der Waals surface area contributed by atoms with Gasteiger partial charge in [-0.2, -0.15) is 5.10 Å². The molecule has 3 aromatic rings. The molecule has 1 aliphatic heterocycles. The van der Waals surface area contributed by atoms with E-state index < -0.39 is 16.7 Å². The van der Waals surface area contributed by atoms with Crippen LogP contribution in [0.3, 0.4) is 0 Å². The Kier molecular flexibility index (Phi) is 5.46. The summed E-state index contributed by atoms with van der Waals surface area (Å²) in [6, 6.07) is 11.3. The van der Waals surface area contributed by atoms with Crippen molar-refractivity contribution >= 4 is 17.5 Å². The lowest BCUT2D eigenvalue weighted by Crippen LogP contribution is -2.41. The molecule has 11 nitrogen and oxygen atoms in total. The molecule has 0 bridgehead atoms. The number of nitrogens with one attached hydrogen (secondary N) is 2. The van der Waals surface area contributed by atoms with Crippen molar-refractivity contribution < 1.29 is 24.0 Å². The van der Waals surface area contributed by atoms with Crippen molar-refractivity contribution in [1.82, 2.24) is 20.6 Å². The second-order valence-corrected chi connectivity index (χ2v) is 7.11. The third-order valence-electron chi connectivity index (χ3n) is 5.00. The van der Waals surface area contributed by atoms with E-state index in [-0.39, 0.29) is 12.5 Å². The van der Waals surface area contributed by atoms with E-state index in [4.69, 9.17) is 9.47 Å². The van der Waals surface area contributed by atoms with Crippen LogP contribution in [0.15, 0.2) is 42.5 Å². The van der Waals surface area contributed by atoms with Gasteiger partial charge in [0.2, 0.25) is 6.79 Å². The second-order valence-electron chi connectivity index (χ2n) is 7.11. The van der Waals surface area contributed by atoms with Crippen LogP contribution in [0, 0.1) is 24.0 Å². The molecule has 0 spiro atoms. The van der Waals surface area contributed by atoms with Crippen molar-refractivity contribution in [2.75, 3.05) is 6.79 Å². The van der Waals surface area contributed by atoms with Crippen LogP contribution in [-0.4, -0.2) is 33.3 Å². The van der Waals surface area contributed by atoms with Gasteiger partial charge < -0.3 is 9.47 Å². The fourth-order valence-corrected chi connectivity index (χ4v) is 3.34. The summed E-state index contributed by atoms with van der Waals surface area (Å²) in [5.74, 6) is 0.0278. The predicted octanol–water partition coefficient (Wildman–Crippen LogP) is 2.26. The van der Waals surface area contributed by atoms with Gasteiger partial charge in [-0.05, 0) is 49.7 Å². The van der Waals surface area contributed by atoms with E-state index in [1.54, 1.807) is 54.9 Å². The van der Waals surface area contributed by atoms with Crippen LogP contribution in [0.4, 0.5) is 5.69 Å². The van der Waals surface area contributed by atoms with Crippen molar-refractivity contribution in [2.45, 2.75) is 20.4 Å². The van der Waals surface area contributed by atoms with E-state index in [9.17, 15) is 19.7 Å². The highest BCUT2D eigenvalue weighted by Gasteiger charge is 2.22. The molecule has 0 saturated carbocycles. The summed E-state index contributed by atoms with van der Waals surface area (Å²) in [7, 11) is 0. The minimum absolute atomic E-state index is 0.000742. The Balaban J connectivity index is 1.37. The first kappa shape index (κ1) is 20.8. The van der Waals surface area contributed by atoms with Gasteiger partial charge in [-0.3, -0.25) is 35.2 Å². The summed E-state index contributed by atoms with van der Waals surface area (Å²) in [5, 5.41) is 15.4. The average Bonchev–Trinajstić information content (AvgIpc) is 3.35. The number of fused-ring (bicyclic) bond motifs is 1. The molecular weight excluding hydrogens is 418 g/mol. The number of hydrazine groups is 1. The standard InChI is InChI=1S/C21H19N5O6/c1-12-19(26(29)30)13(2)25(24-12)10-14-3-5-15(6-4-14)20(27)22-23-21(28)16-7-8-17-18(9-16)32-11-31-17/h3-9H,10-11H2,1-2H3,(H,22,27)(H,23,28). The molecule has 4 rings (SSSR count). The number of benzene rings is 2. The van der Waals surface area contributed by atoms with Gasteiger partial charge in [0, 0.05) is 11.1 Å². The zero-order chi connectivity index (χ0) is 22.8. The molecule has 0 saturated heterocycles. The Hall–Kier alpha value is -4.41. The van der Waals surface area contributed by atoms with Gasteiger partial charge in [0.25, 0.3) is 11.8 Å². The maximum Gasteiger partial charge on any atom is 0.312 e. The molecular formula is C21H19N5O6. The number of nitrogens with zero attached hydrogens (tertiary/aromatic N) is 3. The maximum absolute atomic E-state index is 12.4. The molecule has 2 aromatic carbocycles. The van der Waals surface area contributed by atoms with Crippen LogP contribution in [0.25, 0.3) is 0 Å². The van der Waals surface area contributed by atoms with Crippen molar-refractivity contribution in [2.24, 2.45) is 0 Å². The first-order valence-corrected chi connectivity index (χ1v) is 9.61. The van der Waals surface area contributed by atoms with Gasteiger partial charge in [-0.1, -0.05) is 12.1 Å². The van der Waals surface area contributed by atoms with Crippen LogP contribution < -0.4 is 20.3 Å². The molecule has 11 heteroatoms. The number of aryl methyl sites for hydroxylation is 1. The molecule has 0 radical (unpaired) electrons. The monoisotopic (exact) mass is 437 g/mol. The zero-order valence-electron chi connectivity index (χ0n) is 17.2. The van der Waals surface area contributed by atoms with Gasteiger partial charge in [0.1, 0.15) is 11.4 Å². The predicted molar refractivity (Wildman–Crippen MR) is 111 cm³/mol. The third kappa shape index (κ3) is 4.08. The molecule has 2 heterocycles. The lowest BCUT2D eigenvalue weighted by Gasteiger charge is -2.09. The minimum atomic E-state index is -0.501. The van der Waals surface area contributed by atoms with E-state index in [1.165, 1.54) is 6.07 Å². The highest BCUT2D eigenvalue weighted by molar-refractivity contribution is 5.99. The minimum Gasteiger partial charge on any atom is -0.454 e. The maximum atomic E-state index is 12.4. The summed E-state index contributed by atoms with van der Waals surface area (Å²) in [5.41, 5.74) is 6.98. The Morgan fingerprint density at radius 1 is 1.03 bits per heavy atom. The quantitative estimate of drug-likeness (QED) is 0.461. The number of nitro groups is 1. The summed E-state index contributed by atoms with van der Waals surface area (Å²) in [6.07, 6.45) is 0. The van der Waals surface area contributed by atoms with Crippen molar-refractivity contribution in [3.05, 3.63) is 80.7 Å². The van der Waals surface area contributed by atoms with Crippen LogP contribution in [0.5, 0.6) is 11.5 Å². The SMILES string of the molecule is Cc1nn(Cc2ccc(C(=O)NNC(=O)c3ccc4c(c3)OCO4)cc2)c(C)c1[N+](=O)[O-]. The van der Waals surface area contributed by atoms with Gasteiger partial charge in [-0.25, -0.2) is 0 Å². The number of rotatable bonds is 5. The van der Waals surface area contributed by atoms with Crippen LogP contribution >= 0.6 is 0 Å². The topological polar surface area (TPSA) is 138 Å². The lowest BCUT2D eigenvalue weighted by molar-refractivity contribution is -0.386. The summed E-state index contributed by atoms with van der Waals surface area (Å²) in [6.45, 7) is 3.66. The molecule has 0 aliphatic carbocycles. The van der Waals surface area contributed by atoms with Crippen LogP contribution in [0.1, 0.15) is 37.7 Å². The first-order valence-electron chi connectivity index (χ1n) is 9.61. The highest BCUT2D eigenvalue weighted by atomic mass is 16.7. The van der Waals surface area contributed by atoms with Crippen molar-refractivity contribution in [3.63, 3.8) is 0 Å². The molecule has 1 aromatic heterocycles. The third-order valence-corrected chi connectivity index (χ3v) is 5.00. The first-order chi connectivity index (χ1) is 15.3. The average molecular weight is 437 g/mol. The second kappa shape index (κ2) is 8.38.